The summed E-state index contributed by atoms with van der Waals surface area (Å²) in [4.78, 5) is 18.4. The first-order chi connectivity index (χ1) is 20.5. The molecule has 0 aliphatic carbocycles. The van der Waals surface area contributed by atoms with Crippen LogP contribution in [-0.2, 0) is 13.0 Å². The SMILES string of the molecule is C=CCc1cc(C=Nn2c(-c3cc4ccccc4o3)nc3ccccc3c2=O)cc(OC)c1OCc1ccc(C)cc1. The van der Waals surface area contributed by atoms with Gasteiger partial charge in [-0.3, -0.25) is 4.79 Å². The molecule has 4 aromatic carbocycles. The Balaban J connectivity index is 1.42. The Hall–Kier alpha value is -5.43. The number of ether oxygens (including phenoxy) is 2. The van der Waals surface area contributed by atoms with Crippen molar-refractivity contribution in [2.45, 2.75) is 20.0 Å². The molecule has 6 aromatic rings. The Morgan fingerprint density at radius 1 is 1.00 bits per heavy atom. The molecule has 6 rings (SSSR count). The van der Waals surface area contributed by atoms with E-state index in [1.54, 1.807) is 25.5 Å². The summed E-state index contributed by atoms with van der Waals surface area (Å²) in [6.07, 6.45) is 3.98. The van der Waals surface area contributed by atoms with Crippen LogP contribution in [0.25, 0.3) is 33.5 Å². The third-order valence-corrected chi connectivity index (χ3v) is 6.96. The molecule has 7 heteroatoms. The van der Waals surface area contributed by atoms with Crippen molar-refractivity contribution in [3.8, 4) is 23.1 Å². The van der Waals surface area contributed by atoms with Crippen molar-refractivity contribution in [3.05, 3.63) is 136 Å². The second-order valence-corrected chi connectivity index (χ2v) is 9.94. The molecular formula is C35H29N3O4. The van der Waals surface area contributed by atoms with Crippen LogP contribution in [0.2, 0.25) is 0 Å². The fourth-order valence-electron chi connectivity index (χ4n) is 4.83. The van der Waals surface area contributed by atoms with Gasteiger partial charge in [0.05, 0.1) is 24.2 Å². The highest BCUT2D eigenvalue weighted by Gasteiger charge is 2.17. The van der Waals surface area contributed by atoms with E-state index in [0.717, 1.165) is 22.1 Å². The van der Waals surface area contributed by atoms with Crippen LogP contribution < -0.4 is 15.0 Å². The quantitative estimate of drug-likeness (QED) is 0.138. The van der Waals surface area contributed by atoms with Gasteiger partial charge in [-0.15, -0.1) is 6.58 Å². The molecule has 0 saturated carbocycles. The lowest BCUT2D eigenvalue weighted by Gasteiger charge is -2.16. The van der Waals surface area contributed by atoms with Gasteiger partial charge >= 0.3 is 0 Å². The van der Waals surface area contributed by atoms with Crippen LogP contribution in [-0.4, -0.2) is 23.0 Å². The Morgan fingerprint density at radius 3 is 2.57 bits per heavy atom. The number of aromatic nitrogens is 2. The van der Waals surface area contributed by atoms with Gasteiger partial charge in [-0.1, -0.05) is 66.2 Å². The van der Waals surface area contributed by atoms with Crippen LogP contribution in [0, 0.1) is 6.92 Å². The third kappa shape index (κ3) is 5.32. The smallest absolute Gasteiger partial charge is 0.282 e. The van der Waals surface area contributed by atoms with Crippen molar-refractivity contribution in [1.82, 2.24) is 9.66 Å². The first-order valence-corrected chi connectivity index (χ1v) is 13.6. The molecule has 0 N–H and O–H groups in total. The van der Waals surface area contributed by atoms with E-state index in [1.165, 1.54) is 10.2 Å². The van der Waals surface area contributed by atoms with Crippen molar-refractivity contribution in [2.24, 2.45) is 5.10 Å². The van der Waals surface area contributed by atoms with Gasteiger partial charge in [0.2, 0.25) is 5.82 Å². The maximum absolute atomic E-state index is 13.7. The van der Waals surface area contributed by atoms with Crippen molar-refractivity contribution >= 4 is 28.1 Å². The van der Waals surface area contributed by atoms with E-state index in [-0.39, 0.29) is 5.56 Å². The molecule has 0 aliphatic rings. The van der Waals surface area contributed by atoms with E-state index in [4.69, 9.17) is 18.9 Å². The average Bonchev–Trinajstić information content (AvgIpc) is 3.45. The normalized spacial score (nSPS) is 11.4. The summed E-state index contributed by atoms with van der Waals surface area (Å²) >= 11 is 0. The predicted molar refractivity (Wildman–Crippen MR) is 167 cm³/mol. The molecule has 0 saturated heterocycles. The third-order valence-electron chi connectivity index (χ3n) is 6.96. The first-order valence-electron chi connectivity index (χ1n) is 13.6. The molecule has 0 amide bonds. The van der Waals surface area contributed by atoms with Gasteiger partial charge in [0.1, 0.15) is 12.2 Å². The van der Waals surface area contributed by atoms with Gasteiger partial charge < -0.3 is 13.9 Å². The average molecular weight is 556 g/mol. The number of hydrogen-bond donors (Lipinski definition) is 0. The molecule has 2 heterocycles. The van der Waals surface area contributed by atoms with Crippen LogP contribution in [0.5, 0.6) is 11.5 Å². The van der Waals surface area contributed by atoms with E-state index in [9.17, 15) is 4.79 Å². The van der Waals surface area contributed by atoms with Crippen molar-refractivity contribution in [1.29, 1.82) is 0 Å². The Kier molecular flexibility index (Phi) is 7.39. The summed E-state index contributed by atoms with van der Waals surface area (Å²) in [6, 6.07) is 28.7. The topological polar surface area (TPSA) is 78.9 Å². The summed E-state index contributed by atoms with van der Waals surface area (Å²) in [6.45, 7) is 6.36. The fourth-order valence-corrected chi connectivity index (χ4v) is 4.83. The molecular weight excluding hydrogens is 526 g/mol. The van der Waals surface area contributed by atoms with Crippen molar-refractivity contribution < 1.29 is 13.9 Å². The van der Waals surface area contributed by atoms with E-state index < -0.39 is 0 Å². The first kappa shape index (κ1) is 26.8. The molecule has 0 radical (unpaired) electrons. The monoisotopic (exact) mass is 555 g/mol. The molecule has 0 atom stereocenters. The minimum Gasteiger partial charge on any atom is -0.493 e. The van der Waals surface area contributed by atoms with E-state index >= 15 is 0 Å². The highest BCUT2D eigenvalue weighted by molar-refractivity contribution is 5.85. The Labute approximate surface area is 243 Å². The van der Waals surface area contributed by atoms with Gasteiger partial charge in [-0.25, -0.2) is 4.98 Å². The highest BCUT2D eigenvalue weighted by atomic mass is 16.5. The van der Waals surface area contributed by atoms with Crippen LogP contribution in [0.1, 0.15) is 22.3 Å². The number of allylic oxidation sites excluding steroid dienone is 1. The van der Waals surface area contributed by atoms with Crippen molar-refractivity contribution in [2.75, 3.05) is 7.11 Å². The number of fused-ring (bicyclic) bond motifs is 2. The largest absolute Gasteiger partial charge is 0.493 e. The zero-order chi connectivity index (χ0) is 29.1. The van der Waals surface area contributed by atoms with Gasteiger partial charge in [0, 0.05) is 10.9 Å². The Morgan fingerprint density at radius 2 is 1.79 bits per heavy atom. The van der Waals surface area contributed by atoms with Crippen molar-refractivity contribution in [3.63, 3.8) is 0 Å². The zero-order valence-electron chi connectivity index (χ0n) is 23.4. The number of methoxy groups -OCH3 is 1. The zero-order valence-corrected chi connectivity index (χ0v) is 23.4. The minimum atomic E-state index is -0.302. The molecule has 0 bridgehead atoms. The van der Waals surface area contributed by atoms with Gasteiger partial charge in [0.15, 0.2) is 17.3 Å². The number of hydrogen-bond acceptors (Lipinski definition) is 6. The summed E-state index contributed by atoms with van der Waals surface area (Å²) in [5.41, 5.74) is 4.82. The lowest BCUT2D eigenvalue weighted by atomic mass is 10.1. The summed E-state index contributed by atoms with van der Waals surface area (Å²) in [5, 5.41) is 5.98. The maximum Gasteiger partial charge on any atom is 0.282 e. The number of nitrogens with zero attached hydrogens (tertiary/aromatic N) is 3. The highest BCUT2D eigenvalue weighted by Crippen LogP contribution is 2.34. The van der Waals surface area contributed by atoms with E-state index in [0.29, 0.717) is 52.6 Å². The molecule has 0 spiro atoms. The van der Waals surface area contributed by atoms with Crippen LogP contribution in [0.4, 0.5) is 0 Å². The van der Waals surface area contributed by atoms with E-state index in [2.05, 4.69) is 30.7 Å². The van der Waals surface area contributed by atoms with Gasteiger partial charge in [-0.2, -0.15) is 9.78 Å². The van der Waals surface area contributed by atoms with Crippen LogP contribution >= 0.6 is 0 Å². The molecule has 0 fully saturated rings. The lowest BCUT2D eigenvalue weighted by molar-refractivity contribution is 0.282. The summed E-state index contributed by atoms with van der Waals surface area (Å²) in [5.74, 6) is 1.95. The van der Waals surface area contributed by atoms with Crippen LogP contribution in [0.3, 0.4) is 0 Å². The fraction of sp³-hybridized carbons (Fsp3) is 0.114. The summed E-state index contributed by atoms with van der Waals surface area (Å²) < 4.78 is 19.3. The minimum absolute atomic E-state index is 0.302. The number of furan rings is 1. The van der Waals surface area contributed by atoms with Gasteiger partial charge in [0.25, 0.3) is 5.56 Å². The number of rotatable bonds is 9. The number of para-hydroxylation sites is 2. The predicted octanol–water partition coefficient (Wildman–Crippen LogP) is 7.32. The molecule has 208 valence electrons. The second kappa shape index (κ2) is 11.6. The molecule has 7 nitrogen and oxygen atoms in total. The molecule has 0 aliphatic heterocycles. The van der Waals surface area contributed by atoms with E-state index in [1.807, 2.05) is 72.8 Å². The number of benzene rings is 4. The second-order valence-electron chi connectivity index (χ2n) is 9.94. The van der Waals surface area contributed by atoms with Crippen LogP contribution in [0.15, 0.2) is 118 Å². The standard InChI is InChI=1S/C35H29N3O4/c1-4-9-27-18-25(19-31(40-3)33(27)41-22-24-16-14-23(2)15-17-24)21-36-38-34(32-20-26-10-5-8-13-30(26)42-32)37-29-12-7-6-11-28(29)35(38)39/h4-8,10-21H,1,9,22H2,2-3H3. The molecule has 0 unspecified atom stereocenters. The lowest BCUT2D eigenvalue weighted by Crippen LogP contribution is -2.20. The molecule has 2 aromatic heterocycles. The number of aryl methyl sites for hydroxylation is 1. The Bertz CT molecular complexity index is 1970. The van der Waals surface area contributed by atoms with Gasteiger partial charge in [-0.05, 0) is 60.9 Å². The summed E-state index contributed by atoms with van der Waals surface area (Å²) in [7, 11) is 1.60. The maximum atomic E-state index is 13.7. The molecule has 42 heavy (non-hydrogen) atoms.